The Morgan fingerprint density at radius 1 is 1.21 bits per heavy atom. The van der Waals surface area contributed by atoms with Crippen molar-refractivity contribution in [3.8, 4) is 0 Å². The zero-order chi connectivity index (χ0) is 11.4. The lowest BCUT2D eigenvalue weighted by Crippen LogP contribution is -2.37. The van der Waals surface area contributed by atoms with Gasteiger partial charge in [0.15, 0.2) is 0 Å². The minimum atomic E-state index is -0.170. The summed E-state index contributed by atoms with van der Waals surface area (Å²) in [4.78, 5) is 11.0. The average Bonchev–Trinajstić information content (AvgIpc) is 2.02. The first-order chi connectivity index (χ1) is 6.32. The predicted octanol–water partition coefficient (Wildman–Crippen LogP) is 3.40. The van der Waals surface area contributed by atoms with Crippen LogP contribution in [-0.2, 0) is 9.53 Å². The summed E-state index contributed by atoms with van der Waals surface area (Å²) in [6.07, 6.45) is 2.16. The fourth-order valence-corrected chi connectivity index (χ4v) is 1.88. The van der Waals surface area contributed by atoms with Gasteiger partial charge in [-0.05, 0) is 24.2 Å². The molecule has 0 N–H and O–H groups in total. The highest BCUT2D eigenvalue weighted by molar-refractivity contribution is 5.66. The second-order valence-corrected chi connectivity index (χ2v) is 4.97. The highest BCUT2D eigenvalue weighted by atomic mass is 16.5. The highest BCUT2D eigenvalue weighted by Gasteiger charge is 2.32. The Bertz CT molecular complexity index is 175. The fourth-order valence-electron chi connectivity index (χ4n) is 1.88. The highest BCUT2D eigenvalue weighted by Crippen LogP contribution is 2.31. The van der Waals surface area contributed by atoms with Gasteiger partial charge in [0.05, 0.1) is 0 Å². The van der Waals surface area contributed by atoms with Crippen molar-refractivity contribution in [1.82, 2.24) is 0 Å². The predicted molar refractivity (Wildman–Crippen MR) is 59.1 cm³/mol. The number of carbonyl (C=O) groups is 1. The largest absolute Gasteiger partial charge is 0.462 e. The molecule has 0 saturated heterocycles. The lowest BCUT2D eigenvalue weighted by Gasteiger charge is -2.35. The van der Waals surface area contributed by atoms with E-state index in [2.05, 4.69) is 34.6 Å². The van der Waals surface area contributed by atoms with Crippen LogP contribution in [0.1, 0.15) is 54.4 Å². The quantitative estimate of drug-likeness (QED) is 0.650. The average molecular weight is 200 g/mol. The van der Waals surface area contributed by atoms with Crippen LogP contribution < -0.4 is 0 Å². The van der Waals surface area contributed by atoms with E-state index in [0.717, 1.165) is 12.8 Å². The fraction of sp³-hybridized carbons (Fsp3) is 0.917. The first-order valence-electron chi connectivity index (χ1n) is 5.50. The van der Waals surface area contributed by atoms with Gasteiger partial charge in [0.2, 0.25) is 0 Å². The molecule has 0 rings (SSSR count). The van der Waals surface area contributed by atoms with Gasteiger partial charge in [-0.15, -0.1) is 0 Å². The number of hydrogen-bond donors (Lipinski definition) is 0. The molecule has 2 heteroatoms. The molecule has 0 aliphatic carbocycles. The summed E-state index contributed by atoms with van der Waals surface area (Å²) in [6.45, 7) is 12.2. The summed E-state index contributed by atoms with van der Waals surface area (Å²) < 4.78 is 5.42. The Kier molecular flexibility index (Phi) is 5.17. The van der Waals surface area contributed by atoms with E-state index in [-0.39, 0.29) is 17.5 Å². The standard InChI is InChI=1S/C12H24O2/c1-7-10(8-2)11(12(4,5)6)14-9(3)13/h10-11H,7-8H2,1-6H3. The van der Waals surface area contributed by atoms with E-state index >= 15 is 0 Å². The van der Waals surface area contributed by atoms with Crippen molar-refractivity contribution < 1.29 is 9.53 Å². The van der Waals surface area contributed by atoms with E-state index in [1.165, 1.54) is 6.92 Å². The van der Waals surface area contributed by atoms with Crippen molar-refractivity contribution in [3.63, 3.8) is 0 Å². The lowest BCUT2D eigenvalue weighted by molar-refractivity contribution is -0.156. The lowest BCUT2D eigenvalue weighted by atomic mass is 9.79. The molecule has 0 fully saturated rings. The van der Waals surface area contributed by atoms with Crippen LogP contribution in [0, 0.1) is 11.3 Å². The van der Waals surface area contributed by atoms with Gasteiger partial charge in [0.1, 0.15) is 6.10 Å². The van der Waals surface area contributed by atoms with Gasteiger partial charge in [-0.2, -0.15) is 0 Å². The van der Waals surface area contributed by atoms with Crippen LogP contribution in [0.2, 0.25) is 0 Å². The van der Waals surface area contributed by atoms with E-state index in [9.17, 15) is 4.79 Å². The van der Waals surface area contributed by atoms with E-state index in [1.807, 2.05) is 0 Å². The Morgan fingerprint density at radius 3 is 1.86 bits per heavy atom. The number of carbonyl (C=O) groups excluding carboxylic acids is 1. The molecule has 0 aromatic carbocycles. The zero-order valence-electron chi connectivity index (χ0n) is 10.4. The third-order valence-electron chi connectivity index (χ3n) is 2.62. The summed E-state index contributed by atoms with van der Waals surface area (Å²) in [7, 11) is 0. The van der Waals surface area contributed by atoms with Crippen molar-refractivity contribution in [2.24, 2.45) is 11.3 Å². The zero-order valence-corrected chi connectivity index (χ0v) is 10.4. The summed E-state index contributed by atoms with van der Waals surface area (Å²) >= 11 is 0. The third-order valence-corrected chi connectivity index (χ3v) is 2.62. The first kappa shape index (κ1) is 13.5. The molecule has 0 heterocycles. The monoisotopic (exact) mass is 200 g/mol. The van der Waals surface area contributed by atoms with E-state index < -0.39 is 0 Å². The number of rotatable bonds is 4. The Labute approximate surface area is 88.0 Å². The maximum Gasteiger partial charge on any atom is 0.302 e. The van der Waals surface area contributed by atoms with Crippen molar-refractivity contribution in [3.05, 3.63) is 0 Å². The molecular formula is C12H24O2. The number of ether oxygens (including phenoxy) is 1. The molecule has 0 aliphatic heterocycles. The smallest absolute Gasteiger partial charge is 0.302 e. The second-order valence-electron chi connectivity index (χ2n) is 4.97. The van der Waals surface area contributed by atoms with Gasteiger partial charge in [0.25, 0.3) is 0 Å². The Balaban J connectivity index is 4.61. The van der Waals surface area contributed by atoms with Crippen LogP contribution in [0.5, 0.6) is 0 Å². The minimum Gasteiger partial charge on any atom is -0.462 e. The van der Waals surface area contributed by atoms with Crippen LogP contribution >= 0.6 is 0 Å². The molecule has 14 heavy (non-hydrogen) atoms. The van der Waals surface area contributed by atoms with Crippen LogP contribution in [0.15, 0.2) is 0 Å². The second kappa shape index (κ2) is 5.38. The van der Waals surface area contributed by atoms with Gasteiger partial charge < -0.3 is 4.74 Å². The van der Waals surface area contributed by atoms with E-state index in [4.69, 9.17) is 4.74 Å². The van der Waals surface area contributed by atoms with E-state index in [0.29, 0.717) is 5.92 Å². The number of esters is 1. The topological polar surface area (TPSA) is 26.3 Å². The molecule has 0 radical (unpaired) electrons. The van der Waals surface area contributed by atoms with Crippen LogP contribution in [0.25, 0.3) is 0 Å². The van der Waals surface area contributed by atoms with Crippen molar-refractivity contribution >= 4 is 5.97 Å². The van der Waals surface area contributed by atoms with Crippen molar-refractivity contribution in [2.75, 3.05) is 0 Å². The molecule has 2 nitrogen and oxygen atoms in total. The molecule has 1 unspecified atom stereocenters. The minimum absolute atomic E-state index is 0.0301. The molecule has 84 valence electrons. The van der Waals surface area contributed by atoms with Crippen molar-refractivity contribution in [1.29, 1.82) is 0 Å². The molecule has 0 bridgehead atoms. The molecule has 0 aromatic rings. The molecule has 0 saturated carbocycles. The summed E-state index contributed by atoms with van der Waals surface area (Å²) in [5.41, 5.74) is 0.0301. The maximum absolute atomic E-state index is 11.0. The molecule has 0 spiro atoms. The SMILES string of the molecule is CCC(CC)C(OC(C)=O)C(C)(C)C. The number of hydrogen-bond acceptors (Lipinski definition) is 2. The summed E-state index contributed by atoms with van der Waals surface area (Å²) in [5, 5.41) is 0. The molecule has 0 aliphatic rings. The maximum atomic E-state index is 11.0. The normalized spacial score (nSPS) is 14.2. The van der Waals surface area contributed by atoms with Crippen LogP contribution in [0.3, 0.4) is 0 Å². The molecule has 0 aromatic heterocycles. The van der Waals surface area contributed by atoms with Gasteiger partial charge in [-0.3, -0.25) is 4.79 Å². The van der Waals surface area contributed by atoms with Crippen LogP contribution in [0.4, 0.5) is 0 Å². The summed E-state index contributed by atoms with van der Waals surface area (Å²) in [6, 6.07) is 0. The first-order valence-corrected chi connectivity index (χ1v) is 5.50. The third kappa shape index (κ3) is 4.12. The molecule has 0 amide bonds. The van der Waals surface area contributed by atoms with Gasteiger partial charge >= 0.3 is 5.97 Å². The van der Waals surface area contributed by atoms with Crippen molar-refractivity contribution in [2.45, 2.75) is 60.5 Å². The molecule has 1 atom stereocenters. The van der Waals surface area contributed by atoms with Crippen LogP contribution in [-0.4, -0.2) is 12.1 Å². The van der Waals surface area contributed by atoms with E-state index in [1.54, 1.807) is 0 Å². The molecular weight excluding hydrogens is 176 g/mol. The Hall–Kier alpha value is -0.530. The van der Waals surface area contributed by atoms with Gasteiger partial charge in [0, 0.05) is 6.92 Å². The van der Waals surface area contributed by atoms with Gasteiger partial charge in [-0.1, -0.05) is 34.6 Å². The van der Waals surface area contributed by atoms with Gasteiger partial charge in [-0.25, -0.2) is 0 Å². The summed E-state index contributed by atoms with van der Waals surface area (Å²) in [5.74, 6) is 0.302. The Morgan fingerprint density at radius 2 is 1.64 bits per heavy atom.